The second kappa shape index (κ2) is 8.33. The lowest BCUT2D eigenvalue weighted by atomic mass is 10.0. The molecule has 1 unspecified atom stereocenters. The van der Waals surface area contributed by atoms with Crippen LogP contribution in [0.2, 0.25) is 0 Å². The second-order valence-corrected chi connectivity index (χ2v) is 8.01. The molecule has 0 spiro atoms. The Balaban J connectivity index is 1.59. The van der Waals surface area contributed by atoms with Gasteiger partial charge in [0.25, 0.3) is 0 Å². The Morgan fingerprint density at radius 1 is 0.931 bits per heavy atom. The van der Waals surface area contributed by atoms with Crippen LogP contribution in [0.15, 0.2) is 85.5 Å². The van der Waals surface area contributed by atoms with Crippen LogP contribution in [-0.4, -0.2) is 9.55 Å². The van der Waals surface area contributed by atoms with Gasteiger partial charge in [-0.05, 0) is 34.0 Å². The molecule has 4 aromatic rings. The molecular formula is C23H19F3N2S. The minimum Gasteiger partial charge on any atom is -0.336 e. The number of hydrogen-bond donors (Lipinski definition) is 0. The molecule has 3 aromatic carbocycles. The summed E-state index contributed by atoms with van der Waals surface area (Å²) < 4.78 is 40.4. The lowest BCUT2D eigenvalue weighted by Crippen LogP contribution is -2.06. The third-order valence-corrected chi connectivity index (χ3v) is 6.14. The number of fused-ring (bicyclic) bond motifs is 1. The minimum absolute atomic E-state index is 0.137. The largest absolute Gasteiger partial charge is 0.416 e. The van der Waals surface area contributed by atoms with Crippen molar-refractivity contribution < 1.29 is 13.2 Å². The van der Waals surface area contributed by atoms with Crippen molar-refractivity contribution in [2.75, 3.05) is 0 Å². The molecule has 29 heavy (non-hydrogen) atoms. The van der Waals surface area contributed by atoms with E-state index in [9.17, 15) is 13.2 Å². The fraction of sp³-hybridized carbons (Fsp3) is 0.174. The van der Waals surface area contributed by atoms with E-state index in [2.05, 4.69) is 35.3 Å². The fourth-order valence-electron chi connectivity index (χ4n) is 3.35. The van der Waals surface area contributed by atoms with E-state index < -0.39 is 11.7 Å². The number of hydrogen-bond acceptors (Lipinski definition) is 2. The van der Waals surface area contributed by atoms with Crippen molar-refractivity contribution in [1.82, 2.24) is 9.55 Å². The molecule has 1 aromatic heterocycles. The zero-order valence-electron chi connectivity index (χ0n) is 15.5. The molecule has 0 radical (unpaired) electrons. The molecule has 0 aliphatic carbocycles. The van der Waals surface area contributed by atoms with Crippen LogP contribution in [-0.2, 0) is 18.5 Å². The average Bonchev–Trinajstić information content (AvgIpc) is 3.23. The van der Waals surface area contributed by atoms with Crippen LogP contribution in [0.1, 0.15) is 21.9 Å². The van der Waals surface area contributed by atoms with Gasteiger partial charge in [0.05, 0.1) is 11.9 Å². The summed E-state index contributed by atoms with van der Waals surface area (Å²) in [5, 5.41) is 2.51. The van der Waals surface area contributed by atoms with Gasteiger partial charge in [-0.3, -0.25) is 0 Å². The van der Waals surface area contributed by atoms with E-state index in [1.165, 1.54) is 16.3 Å². The van der Waals surface area contributed by atoms with E-state index in [-0.39, 0.29) is 5.25 Å². The number of alkyl halides is 3. The summed E-state index contributed by atoms with van der Waals surface area (Å²) in [6.45, 7) is 0.735. The molecule has 0 saturated carbocycles. The van der Waals surface area contributed by atoms with Gasteiger partial charge in [-0.15, -0.1) is 11.8 Å². The van der Waals surface area contributed by atoms with E-state index in [0.29, 0.717) is 5.75 Å². The Morgan fingerprint density at radius 3 is 2.41 bits per heavy atom. The minimum atomic E-state index is -4.31. The summed E-state index contributed by atoms with van der Waals surface area (Å²) in [6.07, 6.45) is 1.16. The van der Waals surface area contributed by atoms with Gasteiger partial charge in [-0.25, -0.2) is 4.98 Å². The van der Waals surface area contributed by atoms with Crippen molar-refractivity contribution in [3.8, 4) is 0 Å². The monoisotopic (exact) mass is 412 g/mol. The number of benzene rings is 3. The molecule has 1 atom stereocenters. The topological polar surface area (TPSA) is 17.8 Å². The van der Waals surface area contributed by atoms with Crippen LogP contribution < -0.4 is 0 Å². The number of nitrogens with zero attached hydrogens (tertiary/aromatic N) is 2. The number of imidazole rings is 1. The van der Waals surface area contributed by atoms with Crippen LogP contribution in [0.5, 0.6) is 0 Å². The summed E-state index contributed by atoms with van der Waals surface area (Å²) in [7, 11) is 0. The van der Waals surface area contributed by atoms with Crippen LogP contribution in [0.3, 0.4) is 0 Å². The summed E-state index contributed by atoms with van der Waals surface area (Å²) in [4.78, 5) is 4.13. The number of halogens is 3. The quantitative estimate of drug-likeness (QED) is 0.349. The Hall–Kier alpha value is -2.73. The molecule has 6 heteroatoms. The molecule has 0 aliphatic heterocycles. The first kappa shape index (κ1) is 19.6. The maximum absolute atomic E-state index is 12.8. The maximum atomic E-state index is 12.8. The lowest BCUT2D eigenvalue weighted by molar-refractivity contribution is -0.137. The van der Waals surface area contributed by atoms with Gasteiger partial charge in [0.2, 0.25) is 0 Å². The average molecular weight is 412 g/mol. The Kier molecular flexibility index (Phi) is 5.62. The fourth-order valence-corrected chi connectivity index (χ4v) is 4.59. The standard InChI is InChI=1S/C23H19F3N2S/c24-23(25,26)19-10-8-17(9-11-19)15-29-22(14-28-13-12-27-16-28)21-7-3-5-18-4-1-2-6-20(18)21/h1-13,16,22H,14-15H2. The highest BCUT2D eigenvalue weighted by atomic mass is 32.2. The molecule has 0 fully saturated rings. The SMILES string of the molecule is FC(F)(F)c1ccc(CSC(Cn2ccnc2)c2cccc3ccccc23)cc1. The summed E-state index contributed by atoms with van der Waals surface area (Å²) in [5.74, 6) is 0.626. The van der Waals surface area contributed by atoms with Gasteiger partial charge in [-0.2, -0.15) is 13.2 Å². The van der Waals surface area contributed by atoms with Gasteiger partial charge in [0.15, 0.2) is 0 Å². The molecule has 0 N–H and O–H groups in total. The van der Waals surface area contributed by atoms with E-state index in [1.54, 1.807) is 36.4 Å². The van der Waals surface area contributed by atoms with Crippen molar-refractivity contribution in [2.24, 2.45) is 0 Å². The molecule has 4 rings (SSSR count). The van der Waals surface area contributed by atoms with Crippen LogP contribution in [0, 0.1) is 0 Å². The molecule has 2 nitrogen and oxygen atoms in total. The van der Waals surface area contributed by atoms with Crippen molar-refractivity contribution in [3.05, 3.63) is 102 Å². The highest BCUT2D eigenvalue weighted by molar-refractivity contribution is 7.98. The van der Waals surface area contributed by atoms with Crippen molar-refractivity contribution in [2.45, 2.75) is 23.7 Å². The predicted octanol–water partition coefficient (Wildman–Crippen LogP) is 6.73. The number of thioether (sulfide) groups is 1. The molecule has 0 saturated heterocycles. The molecule has 1 heterocycles. The molecular weight excluding hydrogens is 393 g/mol. The van der Waals surface area contributed by atoms with Crippen LogP contribution >= 0.6 is 11.8 Å². The van der Waals surface area contributed by atoms with Crippen molar-refractivity contribution in [1.29, 1.82) is 0 Å². The predicted molar refractivity (Wildman–Crippen MR) is 112 cm³/mol. The molecule has 148 valence electrons. The lowest BCUT2D eigenvalue weighted by Gasteiger charge is -2.20. The van der Waals surface area contributed by atoms with Crippen LogP contribution in [0.4, 0.5) is 13.2 Å². The Labute approximate surface area is 171 Å². The molecule has 0 aliphatic rings. The third kappa shape index (κ3) is 4.65. The van der Waals surface area contributed by atoms with E-state index in [4.69, 9.17) is 0 Å². The summed E-state index contributed by atoms with van der Waals surface area (Å²) in [5.41, 5.74) is 1.47. The zero-order chi connectivity index (χ0) is 20.3. The highest BCUT2D eigenvalue weighted by Gasteiger charge is 2.30. The highest BCUT2D eigenvalue weighted by Crippen LogP contribution is 2.37. The van der Waals surface area contributed by atoms with Gasteiger partial charge >= 0.3 is 6.18 Å². The normalized spacial score (nSPS) is 12.9. The molecule has 0 amide bonds. The van der Waals surface area contributed by atoms with Gasteiger partial charge in [-0.1, -0.05) is 54.6 Å². The summed E-state index contributed by atoms with van der Waals surface area (Å²) in [6, 6.07) is 20.0. The first-order valence-electron chi connectivity index (χ1n) is 9.22. The smallest absolute Gasteiger partial charge is 0.336 e. The zero-order valence-corrected chi connectivity index (χ0v) is 16.3. The Bertz CT molecular complexity index is 1070. The van der Waals surface area contributed by atoms with Gasteiger partial charge in [0.1, 0.15) is 0 Å². The summed E-state index contributed by atoms with van der Waals surface area (Å²) >= 11 is 1.72. The van der Waals surface area contributed by atoms with Crippen LogP contribution in [0.25, 0.3) is 10.8 Å². The third-order valence-electron chi connectivity index (χ3n) is 4.84. The second-order valence-electron chi connectivity index (χ2n) is 6.82. The maximum Gasteiger partial charge on any atom is 0.416 e. The van der Waals surface area contributed by atoms with Crippen molar-refractivity contribution in [3.63, 3.8) is 0 Å². The van der Waals surface area contributed by atoms with Crippen molar-refractivity contribution >= 4 is 22.5 Å². The van der Waals surface area contributed by atoms with E-state index >= 15 is 0 Å². The van der Waals surface area contributed by atoms with E-state index in [1.807, 2.05) is 22.9 Å². The van der Waals surface area contributed by atoms with Gasteiger partial charge in [0, 0.05) is 29.9 Å². The Morgan fingerprint density at radius 2 is 1.69 bits per heavy atom. The first-order chi connectivity index (χ1) is 14.0. The number of aromatic nitrogens is 2. The van der Waals surface area contributed by atoms with Gasteiger partial charge < -0.3 is 4.57 Å². The van der Waals surface area contributed by atoms with E-state index in [0.717, 1.165) is 24.2 Å². The number of rotatable bonds is 6. The molecule has 0 bridgehead atoms. The first-order valence-corrected chi connectivity index (χ1v) is 10.3.